The summed E-state index contributed by atoms with van der Waals surface area (Å²) in [5.41, 5.74) is 0.917. The second-order valence-corrected chi connectivity index (χ2v) is 7.08. The summed E-state index contributed by atoms with van der Waals surface area (Å²) in [7, 11) is 1.85. The molecule has 1 fully saturated rings. The van der Waals surface area contributed by atoms with Crippen molar-refractivity contribution in [2.45, 2.75) is 51.8 Å². The van der Waals surface area contributed by atoms with E-state index >= 15 is 0 Å². The van der Waals surface area contributed by atoms with Crippen LogP contribution >= 0.6 is 0 Å². The van der Waals surface area contributed by atoms with Gasteiger partial charge in [0.15, 0.2) is 0 Å². The number of carbonyl (C=O) groups excluding carboxylic acids is 1. The molecule has 0 spiro atoms. The number of hydrogen-bond donors (Lipinski definition) is 0. The van der Waals surface area contributed by atoms with Crippen LogP contribution in [-0.4, -0.2) is 47.7 Å². The van der Waals surface area contributed by atoms with Crippen LogP contribution < -0.4 is 0 Å². The summed E-state index contributed by atoms with van der Waals surface area (Å²) >= 11 is 0. The van der Waals surface area contributed by atoms with E-state index in [4.69, 9.17) is 4.74 Å². The summed E-state index contributed by atoms with van der Waals surface area (Å²) in [5, 5.41) is 0. The number of likely N-dealkylation sites (tertiary alicyclic amines) is 1. The van der Waals surface area contributed by atoms with E-state index in [-0.39, 0.29) is 12.1 Å². The summed E-state index contributed by atoms with van der Waals surface area (Å²) in [6, 6.07) is 10.8. The van der Waals surface area contributed by atoms with Gasteiger partial charge in [0.25, 0.3) is 0 Å². The lowest BCUT2D eigenvalue weighted by atomic mass is 10.0. The molecule has 22 heavy (non-hydrogen) atoms. The van der Waals surface area contributed by atoms with Crippen LogP contribution in [0.15, 0.2) is 30.3 Å². The molecular weight excluding hydrogens is 276 g/mol. The first-order valence-corrected chi connectivity index (χ1v) is 8.07. The monoisotopic (exact) mass is 304 g/mol. The highest BCUT2D eigenvalue weighted by molar-refractivity contribution is 5.68. The van der Waals surface area contributed by atoms with Crippen molar-refractivity contribution in [1.29, 1.82) is 0 Å². The number of amides is 1. The van der Waals surface area contributed by atoms with Crippen molar-refractivity contribution in [3.8, 4) is 0 Å². The van der Waals surface area contributed by atoms with Gasteiger partial charge in [0, 0.05) is 32.7 Å². The molecule has 4 heteroatoms. The SMILES string of the molecule is CN(C(=O)OC(C)(C)C)C1CCN(Cc2ccccc2)CC1. The average molecular weight is 304 g/mol. The van der Waals surface area contributed by atoms with Crippen molar-refractivity contribution in [1.82, 2.24) is 9.80 Å². The van der Waals surface area contributed by atoms with E-state index in [0.29, 0.717) is 0 Å². The number of ether oxygens (including phenoxy) is 1. The molecule has 122 valence electrons. The summed E-state index contributed by atoms with van der Waals surface area (Å²) in [4.78, 5) is 16.3. The standard InChI is InChI=1S/C18H28N2O2/c1-18(2,3)22-17(21)19(4)16-10-12-20(13-11-16)14-15-8-6-5-7-9-15/h5-9,16H,10-14H2,1-4H3. The van der Waals surface area contributed by atoms with Crippen LogP contribution in [0.1, 0.15) is 39.2 Å². The topological polar surface area (TPSA) is 32.8 Å². The highest BCUT2D eigenvalue weighted by atomic mass is 16.6. The molecular formula is C18H28N2O2. The lowest BCUT2D eigenvalue weighted by Crippen LogP contribution is -2.46. The number of nitrogens with zero attached hydrogens (tertiary/aromatic N) is 2. The molecule has 0 unspecified atom stereocenters. The maximum Gasteiger partial charge on any atom is 0.410 e. The third-order valence-electron chi connectivity index (χ3n) is 4.04. The number of benzene rings is 1. The van der Waals surface area contributed by atoms with Crippen LogP contribution in [0.2, 0.25) is 0 Å². The van der Waals surface area contributed by atoms with Crippen LogP contribution in [0, 0.1) is 0 Å². The van der Waals surface area contributed by atoms with E-state index in [1.54, 1.807) is 4.90 Å². The number of rotatable bonds is 3. The van der Waals surface area contributed by atoms with E-state index in [1.807, 2.05) is 33.9 Å². The van der Waals surface area contributed by atoms with Gasteiger partial charge in [-0.15, -0.1) is 0 Å². The Morgan fingerprint density at radius 3 is 2.36 bits per heavy atom. The third-order valence-corrected chi connectivity index (χ3v) is 4.04. The van der Waals surface area contributed by atoms with Crippen molar-refractivity contribution in [3.63, 3.8) is 0 Å². The Morgan fingerprint density at radius 2 is 1.82 bits per heavy atom. The van der Waals surface area contributed by atoms with E-state index in [0.717, 1.165) is 32.5 Å². The fourth-order valence-corrected chi connectivity index (χ4v) is 2.79. The number of hydrogen-bond acceptors (Lipinski definition) is 3. The normalized spacial score (nSPS) is 17.3. The van der Waals surface area contributed by atoms with Crippen LogP contribution in [0.4, 0.5) is 4.79 Å². The summed E-state index contributed by atoms with van der Waals surface area (Å²) in [6.07, 6.45) is 1.79. The Hall–Kier alpha value is -1.55. The van der Waals surface area contributed by atoms with E-state index < -0.39 is 5.60 Å². The third kappa shape index (κ3) is 5.02. The van der Waals surface area contributed by atoms with Crippen molar-refractivity contribution >= 4 is 6.09 Å². The maximum atomic E-state index is 12.1. The van der Waals surface area contributed by atoms with Gasteiger partial charge in [-0.1, -0.05) is 30.3 Å². The number of carbonyl (C=O) groups is 1. The maximum absolute atomic E-state index is 12.1. The summed E-state index contributed by atoms with van der Waals surface area (Å²) in [5.74, 6) is 0. The zero-order valence-corrected chi connectivity index (χ0v) is 14.2. The molecule has 0 atom stereocenters. The number of piperidine rings is 1. The second-order valence-electron chi connectivity index (χ2n) is 7.08. The first kappa shape index (κ1) is 16.8. The van der Waals surface area contributed by atoms with Gasteiger partial charge >= 0.3 is 6.09 Å². The van der Waals surface area contributed by atoms with E-state index in [9.17, 15) is 4.79 Å². The fourth-order valence-electron chi connectivity index (χ4n) is 2.79. The first-order chi connectivity index (χ1) is 10.3. The van der Waals surface area contributed by atoms with Gasteiger partial charge in [-0.2, -0.15) is 0 Å². The lowest BCUT2D eigenvalue weighted by Gasteiger charge is -2.37. The second kappa shape index (κ2) is 7.14. The Morgan fingerprint density at radius 1 is 1.23 bits per heavy atom. The molecule has 1 saturated heterocycles. The molecule has 0 N–H and O–H groups in total. The Balaban J connectivity index is 1.80. The highest BCUT2D eigenvalue weighted by Gasteiger charge is 2.28. The van der Waals surface area contributed by atoms with Gasteiger partial charge in [-0.25, -0.2) is 4.79 Å². The molecule has 0 saturated carbocycles. The molecule has 0 aliphatic carbocycles. The Labute approximate surface area is 134 Å². The van der Waals surface area contributed by atoms with Crippen molar-refractivity contribution in [2.75, 3.05) is 20.1 Å². The van der Waals surface area contributed by atoms with Gasteiger partial charge in [0.1, 0.15) is 5.60 Å². The molecule has 1 amide bonds. The van der Waals surface area contributed by atoms with Crippen LogP contribution in [0.5, 0.6) is 0 Å². The summed E-state index contributed by atoms with van der Waals surface area (Å²) < 4.78 is 5.45. The highest BCUT2D eigenvalue weighted by Crippen LogP contribution is 2.19. The molecule has 1 aromatic carbocycles. The molecule has 2 rings (SSSR count). The van der Waals surface area contributed by atoms with Crippen molar-refractivity contribution in [3.05, 3.63) is 35.9 Å². The predicted octanol–water partition coefficient (Wildman–Crippen LogP) is 3.52. The predicted molar refractivity (Wildman–Crippen MR) is 88.7 cm³/mol. The summed E-state index contributed by atoms with van der Waals surface area (Å²) in [6.45, 7) is 8.74. The van der Waals surface area contributed by atoms with Crippen molar-refractivity contribution in [2.24, 2.45) is 0 Å². The fraction of sp³-hybridized carbons (Fsp3) is 0.611. The van der Waals surface area contributed by atoms with Crippen molar-refractivity contribution < 1.29 is 9.53 Å². The minimum Gasteiger partial charge on any atom is -0.444 e. The molecule has 0 bridgehead atoms. The quantitative estimate of drug-likeness (QED) is 0.856. The average Bonchev–Trinajstić information content (AvgIpc) is 2.46. The largest absolute Gasteiger partial charge is 0.444 e. The Kier molecular flexibility index (Phi) is 5.46. The van der Waals surface area contributed by atoms with Gasteiger partial charge in [0.2, 0.25) is 0 Å². The first-order valence-electron chi connectivity index (χ1n) is 8.07. The van der Waals surface area contributed by atoms with E-state index in [2.05, 4.69) is 29.2 Å². The van der Waals surface area contributed by atoms with Crippen LogP contribution in [0.3, 0.4) is 0 Å². The van der Waals surface area contributed by atoms with Crippen LogP contribution in [0.25, 0.3) is 0 Å². The molecule has 1 aliphatic heterocycles. The zero-order valence-electron chi connectivity index (χ0n) is 14.2. The minimum atomic E-state index is -0.431. The molecule has 4 nitrogen and oxygen atoms in total. The van der Waals surface area contributed by atoms with Gasteiger partial charge in [-0.3, -0.25) is 4.90 Å². The molecule has 0 radical (unpaired) electrons. The van der Waals surface area contributed by atoms with Crippen LogP contribution in [-0.2, 0) is 11.3 Å². The van der Waals surface area contributed by atoms with Gasteiger partial charge in [-0.05, 0) is 39.2 Å². The Bertz CT molecular complexity index is 474. The molecule has 1 aromatic rings. The smallest absolute Gasteiger partial charge is 0.410 e. The zero-order chi connectivity index (χ0) is 16.2. The molecule has 1 heterocycles. The van der Waals surface area contributed by atoms with Gasteiger partial charge < -0.3 is 9.64 Å². The minimum absolute atomic E-state index is 0.214. The lowest BCUT2D eigenvalue weighted by molar-refractivity contribution is 0.0149. The molecule has 0 aromatic heterocycles. The van der Waals surface area contributed by atoms with Gasteiger partial charge in [0.05, 0.1) is 0 Å². The van der Waals surface area contributed by atoms with E-state index in [1.165, 1.54) is 5.56 Å². The molecule has 1 aliphatic rings.